The second-order valence-corrected chi connectivity index (χ2v) is 12.5. The van der Waals surface area contributed by atoms with E-state index in [0.29, 0.717) is 23.5 Å². The molecule has 1 rings (SSSR count). The van der Waals surface area contributed by atoms with Crippen LogP contribution in [0.5, 0.6) is 5.75 Å². The maximum Gasteiger partial charge on any atom is 0.458 e. The van der Waals surface area contributed by atoms with Gasteiger partial charge in [-0.05, 0) is 54.4 Å². The first-order valence-electron chi connectivity index (χ1n) is 9.95. The first kappa shape index (κ1) is 24.0. The molecule has 0 radical (unpaired) electrons. The topological polar surface area (TPSA) is 77.3 Å². The summed E-state index contributed by atoms with van der Waals surface area (Å²) in [6, 6.07) is 9.69. The maximum atomic E-state index is 12.4. The molecule has 2 amide bonds. The molecule has 0 aliphatic rings. The van der Waals surface area contributed by atoms with Crippen LogP contribution in [0.25, 0.3) is 0 Å². The van der Waals surface area contributed by atoms with Crippen molar-refractivity contribution in [3.05, 3.63) is 29.8 Å². The van der Waals surface area contributed by atoms with Gasteiger partial charge in [-0.1, -0.05) is 70.0 Å². The standard InChI is InChI=1S/C21H34N2O4Si/c1-15(2)12-28(13-16(3)4,14-17(5)6)27-21(25)23-22-20(24)26-19-11-9-8-10-18(19)7/h8-11,15-17H,12-14H2,1-7H3. The Labute approximate surface area is 169 Å². The highest BCUT2D eigenvalue weighted by Crippen LogP contribution is 2.33. The van der Waals surface area contributed by atoms with Crippen molar-refractivity contribution < 1.29 is 18.8 Å². The second kappa shape index (κ2) is 11.1. The zero-order valence-corrected chi connectivity index (χ0v) is 19.2. The van der Waals surface area contributed by atoms with Gasteiger partial charge in [0.2, 0.25) is 0 Å². The molecule has 156 valence electrons. The number of azo groups is 1. The first-order valence-corrected chi connectivity index (χ1v) is 12.5. The fourth-order valence-corrected chi connectivity index (χ4v) is 9.31. The summed E-state index contributed by atoms with van der Waals surface area (Å²) in [4.78, 5) is 24.3. The highest BCUT2D eigenvalue weighted by atomic mass is 28.4. The lowest BCUT2D eigenvalue weighted by Crippen LogP contribution is -2.43. The van der Waals surface area contributed by atoms with Gasteiger partial charge in [0.25, 0.3) is 8.32 Å². The lowest BCUT2D eigenvalue weighted by Gasteiger charge is -2.34. The molecule has 1 aromatic carbocycles. The van der Waals surface area contributed by atoms with Crippen molar-refractivity contribution in [2.75, 3.05) is 0 Å². The van der Waals surface area contributed by atoms with Crippen LogP contribution >= 0.6 is 0 Å². The van der Waals surface area contributed by atoms with Crippen LogP contribution in [0.4, 0.5) is 9.59 Å². The molecule has 0 saturated heterocycles. The minimum absolute atomic E-state index is 0.392. The molecule has 0 N–H and O–H groups in total. The number of hydrogen-bond acceptors (Lipinski definition) is 4. The minimum atomic E-state index is -2.36. The van der Waals surface area contributed by atoms with Crippen LogP contribution in [0.15, 0.2) is 34.5 Å². The lowest BCUT2D eigenvalue weighted by atomic mass is 10.2. The van der Waals surface area contributed by atoms with Gasteiger partial charge >= 0.3 is 12.2 Å². The number of carbonyl (C=O) groups is 2. The predicted octanol–water partition coefficient (Wildman–Crippen LogP) is 7.00. The molecule has 0 unspecified atom stereocenters. The van der Waals surface area contributed by atoms with Crippen molar-refractivity contribution in [3.63, 3.8) is 0 Å². The predicted molar refractivity (Wildman–Crippen MR) is 113 cm³/mol. The Morgan fingerprint density at radius 3 is 1.79 bits per heavy atom. The van der Waals surface area contributed by atoms with Gasteiger partial charge in [-0.3, -0.25) is 0 Å². The average molecular weight is 407 g/mol. The van der Waals surface area contributed by atoms with E-state index in [1.165, 1.54) is 0 Å². The molecule has 6 nitrogen and oxygen atoms in total. The molecule has 1 aromatic rings. The van der Waals surface area contributed by atoms with E-state index in [4.69, 9.17) is 9.16 Å². The fourth-order valence-electron chi connectivity index (χ4n) is 3.68. The molecule has 0 bridgehead atoms. The highest BCUT2D eigenvalue weighted by Gasteiger charge is 2.40. The molecular weight excluding hydrogens is 372 g/mol. The van der Waals surface area contributed by atoms with Gasteiger partial charge in [0.15, 0.2) is 0 Å². The molecule has 0 aromatic heterocycles. The molecule has 7 heteroatoms. The molecule has 28 heavy (non-hydrogen) atoms. The van der Waals surface area contributed by atoms with Gasteiger partial charge < -0.3 is 9.16 Å². The Balaban J connectivity index is 2.86. The molecule has 0 aliphatic heterocycles. The van der Waals surface area contributed by atoms with Crippen LogP contribution < -0.4 is 4.74 Å². The van der Waals surface area contributed by atoms with Gasteiger partial charge in [-0.15, -0.1) is 0 Å². The summed E-state index contributed by atoms with van der Waals surface area (Å²) < 4.78 is 11.1. The van der Waals surface area contributed by atoms with E-state index >= 15 is 0 Å². The Hall–Kier alpha value is -2.02. The Morgan fingerprint density at radius 1 is 0.857 bits per heavy atom. The largest absolute Gasteiger partial charge is 0.501 e. The zero-order valence-electron chi connectivity index (χ0n) is 18.2. The van der Waals surface area contributed by atoms with Gasteiger partial charge in [0.1, 0.15) is 5.75 Å². The van der Waals surface area contributed by atoms with Gasteiger partial charge in [-0.25, -0.2) is 9.59 Å². The van der Waals surface area contributed by atoms with Crippen molar-refractivity contribution in [2.45, 2.75) is 66.6 Å². The number of para-hydroxylation sites is 1. The van der Waals surface area contributed by atoms with E-state index in [2.05, 4.69) is 51.8 Å². The lowest BCUT2D eigenvalue weighted by molar-refractivity contribution is 0.197. The maximum absolute atomic E-state index is 12.4. The van der Waals surface area contributed by atoms with Crippen molar-refractivity contribution in [2.24, 2.45) is 28.0 Å². The summed E-state index contributed by atoms with van der Waals surface area (Å²) in [7, 11) is -2.36. The Kier molecular flexibility index (Phi) is 9.51. The summed E-state index contributed by atoms with van der Waals surface area (Å²) in [6.45, 7) is 14.6. The normalized spacial score (nSPS) is 12.2. The SMILES string of the molecule is Cc1ccccc1OC(=O)N=NC(=O)O[Si](CC(C)C)(CC(C)C)CC(C)C. The van der Waals surface area contributed by atoms with Crippen LogP contribution in [0.1, 0.15) is 47.1 Å². The van der Waals surface area contributed by atoms with Crippen molar-refractivity contribution in [1.29, 1.82) is 0 Å². The van der Waals surface area contributed by atoms with E-state index in [0.717, 1.165) is 23.7 Å². The molecule has 0 atom stereocenters. The number of amides is 2. The van der Waals surface area contributed by atoms with E-state index in [1.54, 1.807) is 12.1 Å². The van der Waals surface area contributed by atoms with E-state index in [9.17, 15) is 9.59 Å². The molecule has 0 spiro atoms. The van der Waals surface area contributed by atoms with Gasteiger partial charge in [0, 0.05) is 0 Å². The van der Waals surface area contributed by atoms with Crippen LogP contribution in [0.2, 0.25) is 18.1 Å². The molecule has 0 heterocycles. The molecule has 0 aliphatic carbocycles. The number of hydrogen-bond donors (Lipinski definition) is 0. The number of benzene rings is 1. The fraction of sp³-hybridized carbons (Fsp3) is 0.619. The summed E-state index contributed by atoms with van der Waals surface area (Å²) in [5.74, 6) is 1.64. The third-order valence-corrected chi connectivity index (χ3v) is 9.44. The number of rotatable bonds is 8. The molecule has 0 fully saturated rings. The Morgan fingerprint density at radius 2 is 1.32 bits per heavy atom. The van der Waals surface area contributed by atoms with Crippen molar-refractivity contribution >= 4 is 20.5 Å². The van der Waals surface area contributed by atoms with Gasteiger partial charge in [0.05, 0.1) is 0 Å². The van der Waals surface area contributed by atoms with Gasteiger partial charge in [-0.2, -0.15) is 0 Å². The van der Waals surface area contributed by atoms with Crippen LogP contribution in [-0.4, -0.2) is 20.5 Å². The summed E-state index contributed by atoms with van der Waals surface area (Å²) in [5.41, 5.74) is 0.797. The summed E-state index contributed by atoms with van der Waals surface area (Å²) in [5, 5.41) is 6.87. The zero-order chi connectivity index (χ0) is 21.3. The quantitative estimate of drug-likeness (QED) is 0.344. The first-order chi connectivity index (χ1) is 13.0. The number of aryl methyl sites for hydroxylation is 1. The number of carbonyl (C=O) groups excluding carboxylic acids is 2. The van der Waals surface area contributed by atoms with Crippen molar-refractivity contribution in [3.8, 4) is 5.75 Å². The van der Waals surface area contributed by atoms with Crippen LogP contribution in [0, 0.1) is 24.7 Å². The van der Waals surface area contributed by atoms with E-state index < -0.39 is 20.5 Å². The highest BCUT2D eigenvalue weighted by molar-refractivity contribution is 6.75. The monoisotopic (exact) mass is 406 g/mol. The average Bonchev–Trinajstić information content (AvgIpc) is 2.52. The second-order valence-electron chi connectivity index (χ2n) is 8.68. The summed E-state index contributed by atoms with van der Waals surface area (Å²) in [6.07, 6.45) is -1.73. The Bertz CT molecular complexity index is 660. The van der Waals surface area contributed by atoms with Crippen molar-refractivity contribution in [1.82, 2.24) is 0 Å². The van der Waals surface area contributed by atoms with Crippen LogP contribution in [0.3, 0.4) is 0 Å². The third kappa shape index (κ3) is 8.78. The minimum Gasteiger partial charge on any atom is -0.501 e. The smallest absolute Gasteiger partial charge is 0.458 e. The third-order valence-electron chi connectivity index (χ3n) is 4.15. The number of nitrogens with zero attached hydrogens (tertiary/aromatic N) is 2. The molecule has 0 saturated carbocycles. The van der Waals surface area contributed by atoms with E-state index in [-0.39, 0.29) is 0 Å². The van der Waals surface area contributed by atoms with E-state index in [1.807, 2.05) is 19.1 Å². The summed E-state index contributed by atoms with van der Waals surface area (Å²) >= 11 is 0. The molecular formula is C21H34N2O4Si. The number of ether oxygens (including phenoxy) is 1. The van der Waals surface area contributed by atoms with Crippen LogP contribution in [-0.2, 0) is 4.43 Å².